The zero-order valence-electron chi connectivity index (χ0n) is 9.41. The largest absolute Gasteiger partial charge is 0.478 e. The zero-order chi connectivity index (χ0) is 13.0. The fourth-order valence-corrected chi connectivity index (χ4v) is 2.50. The first kappa shape index (κ1) is 13.9. The second-order valence-electron chi connectivity index (χ2n) is 3.44. The molecule has 0 aliphatic carbocycles. The lowest BCUT2D eigenvalue weighted by Gasteiger charge is -2.05. The fraction of sp³-hybridized carbons (Fsp3) is 0.273. The van der Waals surface area contributed by atoms with Crippen molar-refractivity contribution in [1.29, 1.82) is 0 Å². The molecule has 1 heterocycles. The highest BCUT2D eigenvalue weighted by Crippen LogP contribution is 2.21. The van der Waals surface area contributed by atoms with E-state index in [1.807, 2.05) is 12.1 Å². The van der Waals surface area contributed by atoms with Gasteiger partial charge in [0.05, 0.1) is 10.3 Å². The molecule has 6 heteroatoms. The molecule has 0 atom stereocenters. The van der Waals surface area contributed by atoms with Crippen molar-refractivity contribution in [3.05, 3.63) is 31.9 Å². The third kappa shape index (κ3) is 3.98. The van der Waals surface area contributed by atoms with Crippen LogP contribution in [0.4, 0.5) is 0 Å². The summed E-state index contributed by atoms with van der Waals surface area (Å²) in [5.74, 6) is -1.43. The van der Waals surface area contributed by atoms with E-state index in [0.717, 1.165) is 8.66 Å². The molecule has 92 valence electrons. The maximum Gasteiger partial charge on any atom is 0.331 e. The summed E-state index contributed by atoms with van der Waals surface area (Å²) in [4.78, 5) is 23.3. The molecular weight excluding hydrogens is 306 g/mol. The molecule has 0 spiro atoms. The Morgan fingerprint density at radius 2 is 2.00 bits per heavy atom. The minimum atomic E-state index is -1.07. The van der Waals surface area contributed by atoms with Crippen molar-refractivity contribution in [3.63, 3.8) is 0 Å². The monoisotopic (exact) mass is 317 g/mol. The summed E-state index contributed by atoms with van der Waals surface area (Å²) < 4.78 is 0.996. The number of hydrogen-bond donors (Lipinski definition) is 2. The van der Waals surface area contributed by atoms with Crippen molar-refractivity contribution in [2.24, 2.45) is 0 Å². The van der Waals surface area contributed by atoms with Crippen molar-refractivity contribution < 1.29 is 14.7 Å². The molecule has 17 heavy (non-hydrogen) atoms. The topological polar surface area (TPSA) is 66.4 Å². The summed E-state index contributed by atoms with van der Waals surface area (Å²) in [6.07, 6.45) is 0. The quantitative estimate of drug-likeness (QED) is 0.839. The molecule has 4 nitrogen and oxygen atoms in total. The lowest BCUT2D eigenvalue weighted by atomic mass is 10.1. The van der Waals surface area contributed by atoms with Gasteiger partial charge in [-0.3, -0.25) is 4.79 Å². The van der Waals surface area contributed by atoms with E-state index in [0.29, 0.717) is 6.54 Å². The van der Waals surface area contributed by atoms with Gasteiger partial charge in [0.2, 0.25) is 5.91 Å². The van der Waals surface area contributed by atoms with E-state index in [1.165, 1.54) is 25.2 Å². The van der Waals surface area contributed by atoms with Gasteiger partial charge in [0.25, 0.3) is 0 Å². The molecule has 0 saturated carbocycles. The molecule has 0 unspecified atom stereocenters. The van der Waals surface area contributed by atoms with Crippen LogP contribution in [0.25, 0.3) is 0 Å². The number of carboxylic acid groups (broad SMARTS) is 1. The van der Waals surface area contributed by atoms with Gasteiger partial charge in [-0.05, 0) is 41.9 Å². The number of carboxylic acids is 1. The lowest BCUT2D eigenvalue weighted by Crippen LogP contribution is -2.24. The Kier molecular flexibility index (Phi) is 4.89. The van der Waals surface area contributed by atoms with Crippen LogP contribution in [0, 0.1) is 0 Å². The summed E-state index contributed by atoms with van der Waals surface area (Å²) in [5, 5.41) is 11.4. The van der Waals surface area contributed by atoms with Crippen LogP contribution in [0.3, 0.4) is 0 Å². The minimum absolute atomic E-state index is 0.0647. The van der Waals surface area contributed by atoms with Crippen LogP contribution in [0.2, 0.25) is 0 Å². The second kappa shape index (κ2) is 5.97. The first-order valence-electron chi connectivity index (χ1n) is 4.85. The number of amides is 1. The average Bonchev–Trinajstić information content (AvgIpc) is 2.69. The molecule has 2 N–H and O–H groups in total. The van der Waals surface area contributed by atoms with Crippen molar-refractivity contribution in [2.75, 3.05) is 0 Å². The predicted molar refractivity (Wildman–Crippen MR) is 69.9 cm³/mol. The normalized spacial score (nSPS) is 11.9. The second-order valence-corrected chi connectivity index (χ2v) is 5.99. The van der Waals surface area contributed by atoms with E-state index in [9.17, 15) is 9.59 Å². The van der Waals surface area contributed by atoms with Crippen LogP contribution in [-0.4, -0.2) is 17.0 Å². The number of thiophene rings is 1. The molecule has 0 radical (unpaired) electrons. The van der Waals surface area contributed by atoms with Crippen molar-refractivity contribution in [3.8, 4) is 0 Å². The number of hydrogen-bond acceptors (Lipinski definition) is 3. The van der Waals surface area contributed by atoms with Gasteiger partial charge >= 0.3 is 5.97 Å². The van der Waals surface area contributed by atoms with Crippen LogP contribution in [0.15, 0.2) is 27.1 Å². The van der Waals surface area contributed by atoms with Crippen LogP contribution in [0.5, 0.6) is 0 Å². The van der Waals surface area contributed by atoms with Crippen LogP contribution < -0.4 is 5.32 Å². The summed E-state index contributed by atoms with van der Waals surface area (Å²) >= 11 is 4.85. The maximum absolute atomic E-state index is 11.6. The SMILES string of the molecule is C/C(C(=O)O)=C(\C)C(=O)NCc1ccc(Br)s1. The third-order valence-corrected chi connectivity index (χ3v) is 3.90. The Morgan fingerprint density at radius 1 is 1.35 bits per heavy atom. The van der Waals surface area contributed by atoms with Crippen molar-refractivity contribution in [2.45, 2.75) is 20.4 Å². The fourth-order valence-electron chi connectivity index (χ4n) is 1.08. The van der Waals surface area contributed by atoms with Gasteiger partial charge in [0, 0.05) is 16.0 Å². The first-order valence-corrected chi connectivity index (χ1v) is 6.46. The van der Waals surface area contributed by atoms with E-state index in [1.54, 1.807) is 0 Å². The Balaban J connectivity index is 2.62. The van der Waals surface area contributed by atoms with Crippen molar-refractivity contribution >= 4 is 39.1 Å². The number of carbonyl (C=O) groups is 2. The Bertz CT molecular complexity index is 479. The van der Waals surface area contributed by atoms with Gasteiger partial charge in [0.1, 0.15) is 0 Å². The molecule has 1 amide bonds. The van der Waals surface area contributed by atoms with Gasteiger partial charge < -0.3 is 10.4 Å². The zero-order valence-corrected chi connectivity index (χ0v) is 11.8. The molecule has 0 aromatic carbocycles. The average molecular weight is 318 g/mol. The number of aliphatic carboxylic acids is 1. The molecule has 0 fully saturated rings. The maximum atomic E-state index is 11.6. The summed E-state index contributed by atoms with van der Waals surface area (Å²) in [6.45, 7) is 3.32. The van der Waals surface area contributed by atoms with E-state index in [4.69, 9.17) is 5.11 Å². The van der Waals surface area contributed by atoms with Crippen LogP contribution >= 0.6 is 27.3 Å². The number of halogens is 1. The summed E-state index contributed by atoms with van der Waals surface area (Å²) in [5.41, 5.74) is 0.294. The number of rotatable bonds is 4. The van der Waals surface area contributed by atoms with E-state index in [-0.39, 0.29) is 17.1 Å². The van der Waals surface area contributed by atoms with E-state index in [2.05, 4.69) is 21.2 Å². The summed E-state index contributed by atoms with van der Waals surface area (Å²) in [7, 11) is 0. The molecule has 0 aliphatic heterocycles. The molecule has 0 aliphatic rings. The van der Waals surface area contributed by atoms with Crippen molar-refractivity contribution in [1.82, 2.24) is 5.32 Å². The van der Waals surface area contributed by atoms with Gasteiger partial charge in [-0.2, -0.15) is 0 Å². The lowest BCUT2D eigenvalue weighted by molar-refractivity contribution is -0.133. The van der Waals surface area contributed by atoms with Gasteiger partial charge in [0.15, 0.2) is 0 Å². The summed E-state index contributed by atoms with van der Waals surface area (Å²) in [6, 6.07) is 3.80. The third-order valence-electron chi connectivity index (χ3n) is 2.28. The molecule has 0 saturated heterocycles. The molecule has 1 rings (SSSR count). The van der Waals surface area contributed by atoms with Gasteiger partial charge in [-0.25, -0.2) is 4.79 Å². The van der Waals surface area contributed by atoms with Crippen LogP contribution in [-0.2, 0) is 16.1 Å². The number of nitrogens with one attached hydrogen (secondary N) is 1. The predicted octanol–water partition coefficient (Wildman–Crippen LogP) is 2.55. The first-order chi connectivity index (χ1) is 7.91. The molecular formula is C11H12BrNO3S. The van der Waals surface area contributed by atoms with E-state index >= 15 is 0 Å². The highest BCUT2D eigenvalue weighted by Gasteiger charge is 2.12. The highest BCUT2D eigenvalue weighted by molar-refractivity contribution is 9.11. The molecule has 1 aromatic rings. The molecule has 1 aromatic heterocycles. The molecule has 0 bridgehead atoms. The highest BCUT2D eigenvalue weighted by atomic mass is 79.9. The Morgan fingerprint density at radius 3 is 2.47 bits per heavy atom. The van der Waals surface area contributed by atoms with Gasteiger partial charge in [-0.15, -0.1) is 11.3 Å². The minimum Gasteiger partial charge on any atom is -0.478 e. The van der Waals surface area contributed by atoms with Gasteiger partial charge in [-0.1, -0.05) is 0 Å². The number of carbonyl (C=O) groups excluding carboxylic acids is 1. The van der Waals surface area contributed by atoms with E-state index < -0.39 is 5.97 Å². The standard InChI is InChI=1S/C11H12BrNO3S/c1-6(7(2)11(15)16)10(14)13-5-8-3-4-9(12)17-8/h3-4H,5H2,1-2H3,(H,13,14)(H,15,16)/b7-6-. The Labute approximate surface area is 111 Å². The smallest absolute Gasteiger partial charge is 0.331 e. The Hall–Kier alpha value is -1.14. The van der Waals surface area contributed by atoms with Crippen LogP contribution in [0.1, 0.15) is 18.7 Å².